The van der Waals surface area contributed by atoms with E-state index in [0.717, 1.165) is 9.13 Å². The smallest absolute Gasteiger partial charge is 0.407 e. The molecule has 0 saturated carbocycles. The molecule has 0 aliphatic carbocycles. The van der Waals surface area contributed by atoms with Crippen LogP contribution in [0.3, 0.4) is 0 Å². The molecule has 1 aliphatic heterocycles. The predicted molar refractivity (Wildman–Crippen MR) is 126 cm³/mol. The first-order valence-corrected chi connectivity index (χ1v) is 11.4. The second-order valence-electron chi connectivity index (χ2n) is 7.77. The molecule has 0 radical (unpaired) electrons. The molecule has 1 unspecified atom stereocenters. The summed E-state index contributed by atoms with van der Waals surface area (Å²) in [5.41, 5.74) is 1.23. The number of aliphatic hydroxyl groups is 1. The van der Waals surface area contributed by atoms with E-state index < -0.39 is 12.2 Å². The van der Waals surface area contributed by atoms with Crippen molar-refractivity contribution < 1.29 is 29.3 Å². The number of hydrogen-bond acceptors (Lipinski definition) is 5. The van der Waals surface area contributed by atoms with E-state index in [0.29, 0.717) is 43.1 Å². The molecule has 3 rings (SSSR count). The van der Waals surface area contributed by atoms with Crippen LogP contribution in [0.4, 0.5) is 4.79 Å². The van der Waals surface area contributed by atoms with E-state index in [9.17, 15) is 14.7 Å². The maximum absolute atomic E-state index is 13.3. The maximum Gasteiger partial charge on any atom is 0.407 e. The van der Waals surface area contributed by atoms with Gasteiger partial charge in [0.05, 0.1) is 20.3 Å². The highest BCUT2D eigenvalue weighted by Crippen LogP contribution is 2.28. The first-order chi connectivity index (χ1) is 15.3. The van der Waals surface area contributed by atoms with Crippen molar-refractivity contribution in [2.45, 2.75) is 25.5 Å². The zero-order chi connectivity index (χ0) is 23.3. The number of carbonyl (C=O) groups is 2. The molecule has 0 bridgehead atoms. The van der Waals surface area contributed by atoms with Gasteiger partial charge in [0.1, 0.15) is 17.2 Å². The lowest BCUT2D eigenvalue weighted by molar-refractivity contribution is 0.0269. The molecule has 1 aromatic carbocycles. The van der Waals surface area contributed by atoms with Crippen molar-refractivity contribution in [3.63, 3.8) is 0 Å². The number of piperidine rings is 1. The van der Waals surface area contributed by atoms with Crippen molar-refractivity contribution in [2.75, 3.05) is 33.9 Å². The van der Waals surface area contributed by atoms with Crippen molar-refractivity contribution in [1.82, 2.24) is 14.8 Å². The summed E-state index contributed by atoms with van der Waals surface area (Å²) in [4.78, 5) is 30.4. The number of methoxy groups -OCH3 is 2. The van der Waals surface area contributed by atoms with Gasteiger partial charge in [-0.05, 0) is 59.5 Å². The van der Waals surface area contributed by atoms with Gasteiger partial charge < -0.3 is 34.5 Å². The van der Waals surface area contributed by atoms with Gasteiger partial charge >= 0.3 is 6.09 Å². The molecule has 1 atom stereocenters. The van der Waals surface area contributed by atoms with Crippen LogP contribution in [0.15, 0.2) is 30.5 Å². The van der Waals surface area contributed by atoms with Gasteiger partial charge in [0.25, 0.3) is 5.91 Å². The Morgan fingerprint density at radius 2 is 1.97 bits per heavy atom. The van der Waals surface area contributed by atoms with E-state index >= 15 is 0 Å². The molecule has 32 heavy (non-hydrogen) atoms. The first kappa shape index (κ1) is 24.2. The molecule has 2 aromatic rings. The fourth-order valence-electron chi connectivity index (χ4n) is 3.92. The molecule has 3 N–H and O–H groups in total. The Bertz CT molecular complexity index is 941. The van der Waals surface area contributed by atoms with Gasteiger partial charge in [-0.3, -0.25) is 4.79 Å². The number of ether oxygens (including phenoxy) is 2. The number of H-pyrrole nitrogens is 1. The molecule has 1 saturated heterocycles. The van der Waals surface area contributed by atoms with Crippen LogP contribution >= 0.6 is 22.6 Å². The molecule has 2 heterocycles. The van der Waals surface area contributed by atoms with Gasteiger partial charge in [0.2, 0.25) is 0 Å². The molecule has 0 spiro atoms. The average Bonchev–Trinajstić information content (AvgIpc) is 3.24. The van der Waals surface area contributed by atoms with Gasteiger partial charge in [-0.15, -0.1) is 0 Å². The minimum atomic E-state index is -0.942. The lowest BCUT2D eigenvalue weighted by Crippen LogP contribution is -2.45. The monoisotopic (exact) mass is 557 g/mol. The van der Waals surface area contributed by atoms with Gasteiger partial charge in [-0.1, -0.05) is 0 Å². The van der Waals surface area contributed by atoms with Crippen LogP contribution in [0.1, 0.15) is 28.9 Å². The zero-order valence-corrected chi connectivity index (χ0v) is 20.2. The summed E-state index contributed by atoms with van der Waals surface area (Å²) in [6, 6.07) is 7.16. The molecular weight excluding hydrogens is 529 g/mol. The minimum absolute atomic E-state index is 0.0811. The lowest BCUT2D eigenvalue weighted by atomic mass is 9.91. The second-order valence-corrected chi connectivity index (χ2v) is 9.02. The number of likely N-dealkylation sites (tertiary alicyclic amines) is 1. The van der Waals surface area contributed by atoms with Crippen LogP contribution < -0.4 is 9.47 Å². The predicted octanol–water partition coefficient (Wildman–Crippen LogP) is 3.03. The topological polar surface area (TPSA) is 115 Å². The summed E-state index contributed by atoms with van der Waals surface area (Å²) in [6.45, 7) is 1.13. The summed E-state index contributed by atoms with van der Waals surface area (Å²) in [5, 5.41) is 20.1. The molecule has 174 valence electrons. The van der Waals surface area contributed by atoms with Gasteiger partial charge in [-0.25, -0.2) is 4.79 Å². The SMILES string of the molecule is COc1ccc(CN(CC(O)C2CCN(C(=O)O)CC2)C(=O)c2cc(I)c[nH]2)c(OC)c1. The van der Waals surface area contributed by atoms with Crippen LogP contribution in [-0.4, -0.2) is 77.0 Å². The van der Waals surface area contributed by atoms with Crippen molar-refractivity contribution in [2.24, 2.45) is 5.92 Å². The fraction of sp³-hybridized carbons (Fsp3) is 0.455. The quantitative estimate of drug-likeness (QED) is 0.430. The summed E-state index contributed by atoms with van der Waals surface area (Å²) in [7, 11) is 3.13. The van der Waals surface area contributed by atoms with E-state index in [4.69, 9.17) is 14.6 Å². The van der Waals surface area contributed by atoms with Crippen LogP contribution in [0.5, 0.6) is 11.5 Å². The van der Waals surface area contributed by atoms with Crippen LogP contribution in [0, 0.1) is 9.49 Å². The number of nitrogens with one attached hydrogen (secondary N) is 1. The lowest BCUT2D eigenvalue weighted by Gasteiger charge is -2.35. The largest absolute Gasteiger partial charge is 0.497 e. The molecule has 1 aromatic heterocycles. The molecule has 9 nitrogen and oxygen atoms in total. The number of carboxylic acid groups (broad SMARTS) is 1. The number of aromatic nitrogens is 1. The Hall–Kier alpha value is -2.47. The summed E-state index contributed by atoms with van der Waals surface area (Å²) in [5.74, 6) is 0.926. The zero-order valence-electron chi connectivity index (χ0n) is 18.1. The van der Waals surface area contributed by atoms with Gasteiger partial charge in [0, 0.05) is 47.6 Å². The fourth-order valence-corrected chi connectivity index (χ4v) is 4.39. The Balaban J connectivity index is 1.78. The van der Waals surface area contributed by atoms with Crippen molar-refractivity contribution in [3.8, 4) is 11.5 Å². The Morgan fingerprint density at radius 3 is 2.53 bits per heavy atom. The van der Waals surface area contributed by atoms with E-state index in [-0.39, 0.29) is 24.9 Å². The molecule has 10 heteroatoms. The normalized spacial score (nSPS) is 15.3. The van der Waals surface area contributed by atoms with Gasteiger partial charge in [-0.2, -0.15) is 0 Å². The highest BCUT2D eigenvalue weighted by molar-refractivity contribution is 14.1. The van der Waals surface area contributed by atoms with E-state index in [1.807, 2.05) is 6.07 Å². The van der Waals surface area contributed by atoms with E-state index in [1.165, 1.54) is 4.90 Å². The number of aliphatic hydroxyl groups excluding tert-OH is 1. The minimum Gasteiger partial charge on any atom is -0.497 e. The first-order valence-electron chi connectivity index (χ1n) is 10.3. The molecular formula is C22H28IN3O6. The molecule has 1 aliphatic rings. The number of benzene rings is 1. The third kappa shape index (κ3) is 5.85. The van der Waals surface area contributed by atoms with Crippen LogP contribution in [0.25, 0.3) is 0 Å². The van der Waals surface area contributed by atoms with Crippen molar-refractivity contribution >= 4 is 34.6 Å². The number of rotatable bonds is 8. The third-order valence-electron chi connectivity index (χ3n) is 5.78. The highest BCUT2D eigenvalue weighted by atomic mass is 127. The summed E-state index contributed by atoms with van der Waals surface area (Å²) >= 11 is 2.13. The number of nitrogens with zero attached hydrogens (tertiary/aromatic N) is 2. The third-order valence-corrected chi connectivity index (χ3v) is 6.41. The molecule has 2 amide bonds. The van der Waals surface area contributed by atoms with E-state index in [2.05, 4.69) is 27.6 Å². The van der Waals surface area contributed by atoms with Crippen LogP contribution in [-0.2, 0) is 6.54 Å². The average molecular weight is 557 g/mol. The summed E-state index contributed by atoms with van der Waals surface area (Å²) in [6.07, 6.45) is 1.15. The second kappa shape index (κ2) is 10.9. The summed E-state index contributed by atoms with van der Waals surface area (Å²) < 4.78 is 11.6. The van der Waals surface area contributed by atoms with Crippen LogP contribution in [0.2, 0.25) is 0 Å². The maximum atomic E-state index is 13.3. The number of carbonyl (C=O) groups excluding carboxylic acids is 1. The Morgan fingerprint density at radius 1 is 1.25 bits per heavy atom. The van der Waals surface area contributed by atoms with E-state index in [1.54, 1.807) is 43.5 Å². The van der Waals surface area contributed by atoms with Crippen molar-refractivity contribution in [3.05, 3.63) is 45.3 Å². The Labute approximate surface area is 200 Å². The standard InChI is InChI=1S/C22H28IN3O6/c1-31-17-4-3-15(20(10-17)32-2)12-26(21(28)18-9-16(23)11-24-18)13-19(27)14-5-7-25(8-6-14)22(29)30/h3-4,9-11,14,19,24,27H,5-8,12-13H2,1-2H3,(H,29,30). The van der Waals surface area contributed by atoms with Gasteiger partial charge in [0.15, 0.2) is 0 Å². The number of hydrogen-bond donors (Lipinski definition) is 3. The number of aromatic amines is 1. The number of halogens is 1. The molecule has 1 fully saturated rings. The Kier molecular flexibility index (Phi) is 8.24. The van der Waals surface area contributed by atoms with Crippen molar-refractivity contribution in [1.29, 1.82) is 0 Å². The highest BCUT2D eigenvalue weighted by Gasteiger charge is 2.30. The number of amides is 2.